The van der Waals surface area contributed by atoms with Crippen LogP contribution < -0.4 is 10.5 Å². The summed E-state index contributed by atoms with van der Waals surface area (Å²) in [6.07, 6.45) is 0. The number of phenolic OH excluding ortho intramolecular Hbond substituents is 1. The van der Waals surface area contributed by atoms with E-state index in [0.29, 0.717) is 37.0 Å². The molecule has 3 N–H and O–H groups in total. The molecule has 1 heterocycles. The van der Waals surface area contributed by atoms with E-state index in [1.165, 1.54) is 13.2 Å². The maximum atomic E-state index is 12.4. The summed E-state index contributed by atoms with van der Waals surface area (Å²) in [6.45, 7) is 5.62. The first-order chi connectivity index (χ1) is 10.1. The second-order valence-electron chi connectivity index (χ2n) is 5.30. The molecule has 0 radical (unpaired) electrons. The lowest BCUT2D eigenvalue weighted by molar-refractivity contribution is 0.0586. The maximum Gasteiger partial charge on any atom is 0.257 e. The number of rotatable bonds is 4. The highest BCUT2D eigenvalue weighted by Gasteiger charge is 2.25. The third kappa shape index (κ3) is 3.46. The molecule has 1 fully saturated rings. The molecule has 116 valence electrons. The first-order valence-electron chi connectivity index (χ1n) is 7.17. The molecular formula is C15H23N3O3. The van der Waals surface area contributed by atoms with Gasteiger partial charge in [0.05, 0.1) is 12.7 Å². The zero-order chi connectivity index (χ0) is 15.4. The number of methoxy groups -OCH3 is 1. The number of aromatic hydroxyl groups is 1. The van der Waals surface area contributed by atoms with Gasteiger partial charge in [0.15, 0.2) is 0 Å². The second-order valence-corrected chi connectivity index (χ2v) is 5.30. The van der Waals surface area contributed by atoms with Crippen molar-refractivity contribution in [3.05, 3.63) is 23.8 Å². The molecule has 1 amide bonds. The van der Waals surface area contributed by atoms with E-state index in [-0.39, 0.29) is 11.7 Å². The molecule has 1 aliphatic heterocycles. The van der Waals surface area contributed by atoms with Crippen LogP contribution in [0.4, 0.5) is 0 Å². The van der Waals surface area contributed by atoms with Gasteiger partial charge >= 0.3 is 0 Å². The monoisotopic (exact) mass is 293 g/mol. The van der Waals surface area contributed by atoms with Crippen LogP contribution in [-0.2, 0) is 0 Å². The van der Waals surface area contributed by atoms with Crippen molar-refractivity contribution >= 4 is 5.91 Å². The molecule has 0 spiro atoms. The highest BCUT2D eigenvalue weighted by atomic mass is 16.5. The fraction of sp³-hybridized carbons (Fsp3) is 0.533. The van der Waals surface area contributed by atoms with E-state index in [2.05, 4.69) is 11.8 Å². The van der Waals surface area contributed by atoms with E-state index < -0.39 is 0 Å². The number of nitrogens with two attached hydrogens (primary N) is 1. The molecule has 6 nitrogen and oxygen atoms in total. The van der Waals surface area contributed by atoms with E-state index in [9.17, 15) is 9.90 Å². The summed E-state index contributed by atoms with van der Waals surface area (Å²) in [7, 11) is 1.52. The number of carbonyl (C=O) groups excluding carboxylic acids is 1. The van der Waals surface area contributed by atoms with E-state index in [0.717, 1.165) is 13.1 Å². The molecule has 6 heteroatoms. The molecule has 0 bridgehead atoms. The molecule has 21 heavy (non-hydrogen) atoms. The Kier molecular flexibility index (Phi) is 5.03. The van der Waals surface area contributed by atoms with Gasteiger partial charge in [-0.15, -0.1) is 0 Å². The molecule has 1 unspecified atom stereocenters. The number of hydrogen-bond acceptors (Lipinski definition) is 5. The van der Waals surface area contributed by atoms with Gasteiger partial charge in [0.25, 0.3) is 5.91 Å². The fourth-order valence-corrected chi connectivity index (χ4v) is 2.50. The summed E-state index contributed by atoms with van der Waals surface area (Å²) in [4.78, 5) is 16.5. The second kappa shape index (κ2) is 6.78. The zero-order valence-corrected chi connectivity index (χ0v) is 12.6. The topological polar surface area (TPSA) is 79.0 Å². The molecule has 1 aliphatic rings. The van der Waals surface area contributed by atoms with E-state index in [1.807, 2.05) is 0 Å². The Labute approximate surface area is 125 Å². The Balaban J connectivity index is 2.02. The molecular weight excluding hydrogens is 270 g/mol. The fourth-order valence-electron chi connectivity index (χ4n) is 2.50. The third-order valence-corrected chi connectivity index (χ3v) is 4.00. The lowest BCUT2D eigenvalue weighted by atomic mass is 10.1. The van der Waals surface area contributed by atoms with Crippen molar-refractivity contribution in [2.24, 2.45) is 5.73 Å². The minimum absolute atomic E-state index is 0.0443. The van der Waals surface area contributed by atoms with Crippen LogP contribution in [0.2, 0.25) is 0 Å². The van der Waals surface area contributed by atoms with Crippen LogP contribution in [0.25, 0.3) is 0 Å². The predicted octanol–water partition coefficient (Wildman–Crippen LogP) is 0.506. The molecule has 1 aromatic rings. The molecule has 1 saturated heterocycles. The van der Waals surface area contributed by atoms with Crippen molar-refractivity contribution in [3.8, 4) is 11.5 Å². The van der Waals surface area contributed by atoms with Crippen molar-refractivity contribution < 1.29 is 14.6 Å². The first kappa shape index (κ1) is 15.6. The van der Waals surface area contributed by atoms with Crippen LogP contribution >= 0.6 is 0 Å². The molecule has 1 atom stereocenters. The Bertz CT molecular complexity index is 499. The van der Waals surface area contributed by atoms with Gasteiger partial charge in [0.1, 0.15) is 11.5 Å². The zero-order valence-electron chi connectivity index (χ0n) is 12.6. The van der Waals surface area contributed by atoms with Crippen LogP contribution in [0.5, 0.6) is 11.5 Å². The van der Waals surface area contributed by atoms with Gasteiger partial charge in [-0.05, 0) is 19.1 Å². The highest BCUT2D eigenvalue weighted by molar-refractivity contribution is 5.97. The summed E-state index contributed by atoms with van der Waals surface area (Å²) >= 11 is 0. The summed E-state index contributed by atoms with van der Waals surface area (Å²) in [5, 5.41) is 9.95. The van der Waals surface area contributed by atoms with Crippen molar-refractivity contribution in [2.45, 2.75) is 13.0 Å². The molecule has 0 saturated carbocycles. The molecule has 0 aromatic heterocycles. The summed E-state index contributed by atoms with van der Waals surface area (Å²) < 4.78 is 5.02. The van der Waals surface area contributed by atoms with Gasteiger partial charge in [0, 0.05) is 44.8 Å². The number of hydrogen-bond donors (Lipinski definition) is 2. The van der Waals surface area contributed by atoms with Crippen molar-refractivity contribution in [1.29, 1.82) is 0 Å². The normalized spacial score (nSPS) is 17.6. The Morgan fingerprint density at radius 3 is 2.57 bits per heavy atom. The van der Waals surface area contributed by atoms with E-state index in [4.69, 9.17) is 10.5 Å². The molecule has 2 rings (SSSR count). The van der Waals surface area contributed by atoms with Crippen LogP contribution in [0.1, 0.15) is 17.3 Å². The maximum absolute atomic E-state index is 12.4. The van der Waals surface area contributed by atoms with Crippen molar-refractivity contribution in [2.75, 3.05) is 39.8 Å². The number of benzene rings is 1. The van der Waals surface area contributed by atoms with Crippen molar-refractivity contribution in [1.82, 2.24) is 9.80 Å². The average molecular weight is 293 g/mol. The summed E-state index contributed by atoms with van der Waals surface area (Å²) in [6, 6.07) is 5.07. The first-order valence-corrected chi connectivity index (χ1v) is 7.17. The Hall–Kier alpha value is -1.79. The van der Waals surface area contributed by atoms with Crippen molar-refractivity contribution in [3.63, 3.8) is 0 Å². The lowest BCUT2D eigenvalue weighted by Crippen LogP contribution is -2.52. The largest absolute Gasteiger partial charge is 0.507 e. The van der Waals surface area contributed by atoms with Gasteiger partial charge < -0.3 is 20.5 Å². The summed E-state index contributed by atoms with van der Waals surface area (Å²) in [5.41, 5.74) is 5.98. The van der Waals surface area contributed by atoms with E-state index in [1.54, 1.807) is 17.0 Å². The minimum atomic E-state index is -0.143. The van der Waals surface area contributed by atoms with Gasteiger partial charge in [-0.3, -0.25) is 9.69 Å². The Morgan fingerprint density at radius 2 is 2.05 bits per heavy atom. The number of nitrogens with zero attached hydrogens (tertiary/aromatic N) is 2. The van der Waals surface area contributed by atoms with Gasteiger partial charge in [0.2, 0.25) is 0 Å². The van der Waals surface area contributed by atoms with Gasteiger partial charge in [-0.1, -0.05) is 0 Å². The van der Waals surface area contributed by atoms with E-state index >= 15 is 0 Å². The van der Waals surface area contributed by atoms with Gasteiger partial charge in [-0.25, -0.2) is 0 Å². The SMILES string of the molecule is COc1ccc(C(=O)N2CCN(C(C)CN)CC2)c(O)c1. The number of piperazine rings is 1. The number of carbonyl (C=O) groups is 1. The summed E-state index contributed by atoms with van der Waals surface area (Å²) in [5.74, 6) is 0.345. The van der Waals surface area contributed by atoms with Crippen LogP contribution in [0, 0.1) is 0 Å². The standard InChI is InChI=1S/C15H23N3O3/c1-11(10-16)17-5-7-18(8-6-17)15(20)13-4-3-12(21-2)9-14(13)19/h3-4,9,11,19H,5-8,10,16H2,1-2H3. The number of phenols is 1. The molecule has 0 aliphatic carbocycles. The highest BCUT2D eigenvalue weighted by Crippen LogP contribution is 2.25. The number of ether oxygens (including phenoxy) is 1. The Morgan fingerprint density at radius 1 is 1.38 bits per heavy atom. The van der Waals surface area contributed by atoms with Crippen LogP contribution in [0.15, 0.2) is 18.2 Å². The lowest BCUT2D eigenvalue weighted by Gasteiger charge is -2.37. The predicted molar refractivity (Wildman–Crippen MR) is 80.7 cm³/mol. The smallest absolute Gasteiger partial charge is 0.257 e. The third-order valence-electron chi connectivity index (χ3n) is 4.00. The number of amides is 1. The molecule has 1 aromatic carbocycles. The van der Waals surface area contributed by atoms with Crippen LogP contribution in [-0.4, -0.2) is 66.7 Å². The van der Waals surface area contributed by atoms with Gasteiger partial charge in [-0.2, -0.15) is 0 Å². The quantitative estimate of drug-likeness (QED) is 0.845. The average Bonchev–Trinajstić information content (AvgIpc) is 2.53. The van der Waals surface area contributed by atoms with Crippen LogP contribution in [0.3, 0.4) is 0 Å². The minimum Gasteiger partial charge on any atom is -0.507 e.